The average Bonchev–Trinajstić information content (AvgIpc) is 2.29. The summed E-state index contributed by atoms with van der Waals surface area (Å²) in [7, 11) is 0. The topological polar surface area (TPSA) is 92.5 Å². The van der Waals surface area contributed by atoms with Gasteiger partial charge in [0.2, 0.25) is 6.29 Å². The molecular weight excluding hydrogens is 212 g/mol. The molecule has 0 radical (unpaired) electrons. The molecule has 1 aromatic rings. The van der Waals surface area contributed by atoms with Gasteiger partial charge in [0.05, 0.1) is 17.7 Å². The number of rotatable bonds is 5. The highest BCUT2D eigenvalue weighted by Crippen LogP contribution is 2.10. The number of nitrogens with one attached hydrogen (secondary N) is 1. The largest absolute Gasteiger partial charge is 0.392 e. The van der Waals surface area contributed by atoms with Crippen molar-refractivity contribution in [3.8, 4) is 0 Å². The summed E-state index contributed by atoms with van der Waals surface area (Å²) in [6, 6.07) is 6.69. The van der Waals surface area contributed by atoms with Crippen molar-refractivity contribution in [2.45, 2.75) is 6.61 Å². The van der Waals surface area contributed by atoms with Gasteiger partial charge in [-0.1, -0.05) is 12.1 Å². The smallest absolute Gasteiger partial charge is 0.324 e. The number of hydrogen-bond acceptors (Lipinski definition) is 5. The first-order chi connectivity index (χ1) is 7.67. The van der Waals surface area contributed by atoms with Gasteiger partial charge in [-0.15, -0.1) is 0 Å². The standard InChI is InChI=1S/C10H10N2O4/c13-6-8-2-1-3-9(4-8)11-5-10(7-14)12(15)16/h1-5,7,11,13H,6H2/b10-5-. The van der Waals surface area contributed by atoms with Gasteiger partial charge in [-0.05, 0) is 17.7 Å². The van der Waals surface area contributed by atoms with Gasteiger partial charge in [-0.3, -0.25) is 14.9 Å². The summed E-state index contributed by atoms with van der Waals surface area (Å²) in [4.78, 5) is 19.8. The Labute approximate surface area is 91.4 Å². The van der Waals surface area contributed by atoms with E-state index in [2.05, 4.69) is 5.32 Å². The molecule has 0 aliphatic rings. The van der Waals surface area contributed by atoms with E-state index in [0.717, 1.165) is 6.20 Å². The van der Waals surface area contributed by atoms with E-state index in [-0.39, 0.29) is 12.9 Å². The molecule has 6 nitrogen and oxygen atoms in total. The van der Waals surface area contributed by atoms with Crippen LogP contribution < -0.4 is 5.32 Å². The molecule has 16 heavy (non-hydrogen) atoms. The van der Waals surface area contributed by atoms with E-state index >= 15 is 0 Å². The quantitative estimate of drug-likeness (QED) is 0.334. The molecule has 1 aromatic carbocycles. The van der Waals surface area contributed by atoms with Crippen LogP contribution in [0.1, 0.15) is 5.56 Å². The maximum absolute atomic E-state index is 10.3. The maximum Gasteiger partial charge on any atom is 0.324 e. The van der Waals surface area contributed by atoms with Gasteiger partial charge in [0.15, 0.2) is 0 Å². The molecule has 0 spiro atoms. The van der Waals surface area contributed by atoms with Gasteiger partial charge in [-0.2, -0.15) is 0 Å². The lowest BCUT2D eigenvalue weighted by molar-refractivity contribution is -0.417. The lowest BCUT2D eigenvalue weighted by Crippen LogP contribution is -2.03. The summed E-state index contributed by atoms with van der Waals surface area (Å²) < 4.78 is 0. The van der Waals surface area contributed by atoms with Crippen LogP contribution in [0.4, 0.5) is 5.69 Å². The lowest BCUT2D eigenvalue weighted by Gasteiger charge is -2.02. The van der Waals surface area contributed by atoms with Gasteiger partial charge in [-0.25, -0.2) is 0 Å². The molecule has 0 aromatic heterocycles. The molecule has 0 fully saturated rings. The highest BCUT2D eigenvalue weighted by molar-refractivity contribution is 5.70. The fraction of sp³-hybridized carbons (Fsp3) is 0.100. The average molecular weight is 222 g/mol. The van der Waals surface area contributed by atoms with Crippen LogP contribution in [0.25, 0.3) is 0 Å². The second kappa shape index (κ2) is 5.62. The van der Waals surface area contributed by atoms with E-state index < -0.39 is 10.6 Å². The predicted molar refractivity (Wildman–Crippen MR) is 57.1 cm³/mol. The van der Waals surface area contributed by atoms with Crippen LogP contribution in [0, 0.1) is 10.1 Å². The number of allylic oxidation sites excluding steroid dienone is 1. The SMILES string of the molecule is O=C/C(=C/Nc1cccc(CO)c1)[N+](=O)[O-]. The maximum atomic E-state index is 10.3. The third-order valence-corrected chi connectivity index (χ3v) is 1.83. The number of nitro groups is 1. The first kappa shape index (κ1) is 11.9. The minimum absolute atomic E-state index is 0.116. The molecule has 0 bridgehead atoms. The van der Waals surface area contributed by atoms with E-state index in [1.54, 1.807) is 24.3 Å². The third kappa shape index (κ3) is 3.18. The summed E-state index contributed by atoms with van der Waals surface area (Å²) in [5, 5.41) is 21.8. The second-order valence-electron chi connectivity index (χ2n) is 2.95. The molecule has 0 unspecified atom stereocenters. The molecule has 0 aliphatic carbocycles. The normalized spacial score (nSPS) is 10.9. The summed E-state index contributed by atoms with van der Waals surface area (Å²) >= 11 is 0. The highest BCUT2D eigenvalue weighted by atomic mass is 16.6. The van der Waals surface area contributed by atoms with Gasteiger partial charge in [0.1, 0.15) is 0 Å². The Hall–Kier alpha value is -2.21. The van der Waals surface area contributed by atoms with Crippen LogP contribution in [-0.2, 0) is 11.4 Å². The van der Waals surface area contributed by atoms with E-state index in [1.165, 1.54) is 0 Å². The van der Waals surface area contributed by atoms with Crippen molar-refractivity contribution in [1.29, 1.82) is 0 Å². The first-order valence-corrected chi connectivity index (χ1v) is 4.43. The summed E-state index contributed by atoms with van der Waals surface area (Å²) in [6.45, 7) is -0.116. The predicted octanol–water partition coefficient (Wildman–Crippen LogP) is 0.908. The van der Waals surface area contributed by atoms with Crippen molar-refractivity contribution in [3.63, 3.8) is 0 Å². The third-order valence-electron chi connectivity index (χ3n) is 1.83. The number of aliphatic hydroxyl groups excluding tert-OH is 1. The van der Waals surface area contributed by atoms with Crippen LogP contribution in [0.3, 0.4) is 0 Å². The van der Waals surface area contributed by atoms with Crippen molar-refractivity contribution in [3.05, 3.63) is 51.8 Å². The number of hydrogen-bond donors (Lipinski definition) is 2. The van der Waals surface area contributed by atoms with E-state index in [0.29, 0.717) is 11.3 Å². The Kier molecular flexibility index (Phi) is 4.16. The minimum Gasteiger partial charge on any atom is -0.392 e. The van der Waals surface area contributed by atoms with Crippen LogP contribution in [-0.4, -0.2) is 16.3 Å². The summed E-state index contributed by atoms with van der Waals surface area (Å²) in [5.74, 6) is 0. The summed E-state index contributed by atoms with van der Waals surface area (Å²) in [6.07, 6.45) is 1.16. The Morgan fingerprint density at radius 2 is 2.31 bits per heavy atom. The Morgan fingerprint density at radius 3 is 2.88 bits per heavy atom. The lowest BCUT2D eigenvalue weighted by atomic mass is 10.2. The van der Waals surface area contributed by atoms with Crippen molar-refractivity contribution in [2.75, 3.05) is 5.32 Å². The fourth-order valence-electron chi connectivity index (χ4n) is 1.05. The monoisotopic (exact) mass is 222 g/mol. The van der Waals surface area contributed by atoms with Crippen LogP contribution in [0.2, 0.25) is 0 Å². The zero-order valence-corrected chi connectivity index (χ0v) is 8.29. The number of aldehydes is 1. The molecule has 2 N–H and O–H groups in total. The van der Waals surface area contributed by atoms with E-state index in [9.17, 15) is 14.9 Å². The summed E-state index contributed by atoms with van der Waals surface area (Å²) in [5.41, 5.74) is 0.675. The number of carbonyl (C=O) groups excluding carboxylic acids is 1. The van der Waals surface area contributed by atoms with E-state index in [1.807, 2.05) is 0 Å². The molecule has 6 heteroatoms. The molecule has 0 saturated heterocycles. The number of nitrogens with zero attached hydrogens (tertiary/aromatic N) is 1. The molecule has 0 amide bonds. The molecule has 1 rings (SSSR count). The number of aliphatic hydroxyl groups is 1. The molecular formula is C10H10N2O4. The number of benzene rings is 1. The highest BCUT2D eigenvalue weighted by Gasteiger charge is 2.07. The van der Waals surface area contributed by atoms with Gasteiger partial charge < -0.3 is 10.4 Å². The Bertz CT molecular complexity index is 429. The van der Waals surface area contributed by atoms with Crippen molar-refractivity contribution < 1.29 is 14.8 Å². The van der Waals surface area contributed by atoms with Crippen LogP contribution >= 0.6 is 0 Å². The van der Waals surface area contributed by atoms with Crippen molar-refractivity contribution >= 4 is 12.0 Å². The van der Waals surface area contributed by atoms with Gasteiger partial charge in [0, 0.05) is 5.69 Å². The fourth-order valence-corrected chi connectivity index (χ4v) is 1.05. The first-order valence-electron chi connectivity index (χ1n) is 4.43. The zero-order chi connectivity index (χ0) is 12.0. The zero-order valence-electron chi connectivity index (χ0n) is 8.29. The molecule has 0 atom stereocenters. The number of anilines is 1. The van der Waals surface area contributed by atoms with Crippen LogP contribution in [0.15, 0.2) is 36.2 Å². The van der Waals surface area contributed by atoms with Crippen LogP contribution in [0.5, 0.6) is 0 Å². The van der Waals surface area contributed by atoms with Crippen molar-refractivity contribution in [2.24, 2.45) is 0 Å². The van der Waals surface area contributed by atoms with Crippen molar-refractivity contribution in [1.82, 2.24) is 0 Å². The Morgan fingerprint density at radius 1 is 1.56 bits per heavy atom. The van der Waals surface area contributed by atoms with E-state index in [4.69, 9.17) is 5.11 Å². The Balaban J connectivity index is 2.80. The number of carbonyl (C=O) groups is 1. The minimum atomic E-state index is -0.782. The molecule has 84 valence electrons. The second-order valence-corrected chi connectivity index (χ2v) is 2.95. The van der Waals surface area contributed by atoms with Gasteiger partial charge >= 0.3 is 5.70 Å². The molecule has 0 saturated carbocycles. The van der Waals surface area contributed by atoms with Gasteiger partial charge in [0.25, 0.3) is 0 Å². The molecule has 0 heterocycles. The molecule has 0 aliphatic heterocycles.